The van der Waals surface area contributed by atoms with Gasteiger partial charge in [0.05, 0.1) is 11.3 Å². The summed E-state index contributed by atoms with van der Waals surface area (Å²) in [7, 11) is 0. The Morgan fingerprint density at radius 2 is 1.43 bits per heavy atom. The van der Waals surface area contributed by atoms with Crippen molar-refractivity contribution in [2.75, 3.05) is 10.6 Å². The number of anilines is 2. The predicted molar refractivity (Wildman–Crippen MR) is 115 cm³/mol. The highest BCUT2D eigenvalue weighted by Crippen LogP contribution is 2.22. The summed E-state index contributed by atoms with van der Waals surface area (Å²) in [5, 5.41) is 6.34. The Balaban J connectivity index is 1.83. The molecule has 3 aromatic rings. The minimum Gasteiger partial charge on any atom is -0.322 e. The molecule has 0 spiro atoms. The molecule has 6 heteroatoms. The lowest BCUT2D eigenvalue weighted by Crippen LogP contribution is -2.18. The number of carbonyl (C=O) groups is 2. The van der Waals surface area contributed by atoms with Gasteiger partial charge >= 0.3 is 0 Å². The van der Waals surface area contributed by atoms with Crippen molar-refractivity contribution in [1.29, 1.82) is 0 Å². The predicted octanol–water partition coefficient (Wildman–Crippen LogP) is 6.11. The van der Waals surface area contributed by atoms with Crippen LogP contribution < -0.4 is 10.6 Å². The first-order valence-corrected chi connectivity index (χ1v) is 9.34. The van der Waals surface area contributed by atoms with Crippen LogP contribution in [0.5, 0.6) is 0 Å². The molecule has 3 aromatic carbocycles. The molecule has 0 radical (unpaired) electrons. The van der Waals surface area contributed by atoms with Gasteiger partial charge in [-0.1, -0.05) is 41.4 Å². The summed E-state index contributed by atoms with van der Waals surface area (Å²) in [5.41, 5.74) is 3.97. The average Bonchev–Trinajstić information content (AvgIpc) is 2.64. The van der Waals surface area contributed by atoms with Crippen molar-refractivity contribution in [3.05, 3.63) is 93.0 Å². The van der Waals surface area contributed by atoms with Gasteiger partial charge in [0.2, 0.25) is 0 Å². The second kappa shape index (κ2) is 8.46. The third kappa shape index (κ3) is 4.71. The van der Waals surface area contributed by atoms with Crippen molar-refractivity contribution in [2.45, 2.75) is 13.8 Å². The van der Waals surface area contributed by atoms with Crippen LogP contribution in [0.25, 0.3) is 0 Å². The molecule has 0 aliphatic carbocycles. The van der Waals surface area contributed by atoms with E-state index in [0.717, 1.165) is 11.1 Å². The smallest absolute Gasteiger partial charge is 0.257 e. The first kappa shape index (κ1) is 19.9. The van der Waals surface area contributed by atoms with E-state index in [-0.39, 0.29) is 5.91 Å². The first-order chi connectivity index (χ1) is 13.3. The van der Waals surface area contributed by atoms with Crippen LogP contribution >= 0.6 is 23.2 Å². The normalized spacial score (nSPS) is 10.4. The zero-order chi connectivity index (χ0) is 20.3. The lowest BCUT2D eigenvalue weighted by molar-refractivity contribution is 0.102. The number of amides is 2. The van der Waals surface area contributed by atoms with Crippen molar-refractivity contribution in [1.82, 2.24) is 0 Å². The summed E-state index contributed by atoms with van der Waals surface area (Å²) in [5.74, 6) is -0.723. The molecule has 0 bridgehead atoms. The van der Waals surface area contributed by atoms with Gasteiger partial charge in [-0.15, -0.1) is 0 Å². The maximum Gasteiger partial charge on any atom is 0.257 e. The van der Waals surface area contributed by atoms with Crippen LogP contribution in [0.15, 0.2) is 60.7 Å². The number of rotatable bonds is 4. The van der Waals surface area contributed by atoms with Crippen molar-refractivity contribution in [3.8, 4) is 0 Å². The van der Waals surface area contributed by atoms with E-state index in [2.05, 4.69) is 10.6 Å². The molecule has 0 saturated heterocycles. The van der Waals surface area contributed by atoms with E-state index in [0.29, 0.717) is 32.5 Å². The van der Waals surface area contributed by atoms with Gasteiger partial charge in [0, 0.05) is 21.3 Å². The Labute approximate surface area is 173 Å². The summed E-state index contributed by atoms with van der Waals surface area (Å²) >= 11 is 11.9. The van der Waals surface area contributed by atoms with Crippen molar-refractivity contribution in [3.63, 3.8) is 0 Å². The van der Waals surface area contributed by atoms with Crippen LogP contribution in [0, 0.1) is 13.8 Å². The fraction of sp³-hybridized carbons (Fsp3) is 0.0909. The van der Waals surface area contributed by atoms with E-state index >= 15 is 0 Å². The zero-order valence-electron chi connectivity index (χ0n) is 15.3. The minimum atomic E-state index is -0.407. The lowest BCUT2D eigenvalue weighted by atomic mass is 10.1. The number of para-hydroxylation sites is 1. The van der Waals surface area contributed by atoms with Crippen molar-refractivity contribution >= 4 is 46.4 Å². The minimum absolute atomic E-state index is 0.307. The largest absolute Gasteiger partial charge is 0.322 e. The second-order valence-electron chi connectivity index (χ2n) is 6.41. The fourth-order valence-electron chi connectivity index (χ4n) is 2.69. The van der Waals surface area contributed by atoms with Gasteiger partial charge in [-0.05, 0) is 67.4 Å². The van der Waals surface area contributed by atoms with Crippen LogP contribution in [0.1, 0.15) is 31.8 Å². The standard InChI is InChI=1S/C22H18Cl2N2O2/c1-13-7-8-18(9-14(13)2)25-22(28)19-5-3-4-6-20(19)26-21(27)15-10-16(23)12-17(24)11-15/h3-12H,1-2H3,(H,25,28)(H,26,27). The third-order valence-corrected chi connectivity index (χ3v) is 4.75. The van der Waals surface area contributed by atoms with Gasteiger partial charge < -0.3 is 10.6 Å². The van der Waals surface area contributed by atoms with Gasteiger partial charge in [-0.2, -0.15) is 0 Å². The van der Waals surface area contributed by atoms with Gasteiger partial charge in [-0.3, -0.25) is 9.59 Å². The molecule has 0 saturated carbocycles. The van der Waals surface area contributed by atoms with E-state index < -0.39 is 5.91 Å². The number of nitrogens with one attached hydrogen (secondary N) is 2. The van der Waals surface area contributed by atoms with Crippen LogP contribution in [0.3, 0.4) is 0 Å². The van der Waals surface area contributed by atoms with Crippen LogP contribution in [0.2, 0.25) is 10.0 Å². The Bertz CT molecular complexity index is 1040. The fourth-order valence-corrected chi connectivity index (χ4v) is 3.21. The van der Waals surface area contributed by atoms with Gasteiger partial charge in [-0.25, -0.2) is 0 Å². The average molecular weight is 413 g/mol. The topological polar surface area (TPSA) is 58.2 Å². The zero-order valence-corrected chi connectivity index (χ0v) is 16.9. The van der Waals surface area contributed by atoms with E-state index in [1.807, 2.05) is 32.0 Å². The Morgan fingerprint density at radius 3 is 2.11 bits per heavy atom. The first-order valence-electron chi connectivity index (χ1n) is 8.58. The van der Waals surface area contributed by atoms with Crippen molar-refractivity contribution < 1.29 is 9.59 Å². The molecule has 0 fully saturated rings. The molecule has 0 heterocycles. The molecule has 0 unspecified atom stereocenters. The molecular formula is C22H18Cl2N2O2. The Morgan fingerprint density at radius 1 is 0.750 bits per heavy atom. The van der Waals surface area contributed by atoms with Crippen LogP contribution in [-0.2, 0) is 0 Å². The molecule has 28 heavy (non-hydrogen) atoms. The summed E-state index contributed by atoms with van der Waals surface area (Å²) in [4.78, 5) is 25.3. The lowest BCUT2D eigenvalue weighted by Gasteiger charge is -2.12. The summed E-state index contributed by atoms with van der Waals surface area (Å²) in [6.45, 7) is 3.99. The molecule has 2 N–H and O–H groups in total. The molecule has 0 aliphatic heterocycles. The van der Waals surface area contributed by atoms with Crippen LogP contribution in [-0.4, -0.2) is 11.8 Å². The van der Waals surface area contributed by atoms with E-state index in [1.54, 1.807) is 30.3 Å². The van der Waals surface area contributed by atoms with Crippen molar-refractivity contribution in [2.24, 2.45) is 0 Å². The monoisotopic (exact) mass is 412 g/mol. The number of aryl methyl sites for hydroxylation is 2. The number of halogens is 2. The molecular weight excluding hydrogens is 395 g/mol. The second-order valence-corrected chi connectivity index (χ2v) is 7.28. The quantitative estimate of drug-likeness (QED) is 0.542. The molecule has 4 nitrogen and oxygen atoms in total. The number of hydrogen-bond acceptors (Lipinski definition) is 2. The third-order valence-electron chi connectivity index (χ3n) is 4.31. The van der Waals surface area contributed by atoms with Gasteiger partial charge in [0.25, 0.3) is 11.8 Å². The number of hydrogen-bond donors (Lipinski definition) is 2. The molecule has 0 aromatic heterocycles. The van der Waals surface area contributed by atoms with E-state index in [1.165, 1.54) is 12.1 Å². The summed E-state index contributed by atoms with van der Waals surface area (Å²) < 4.78 is 0. The molecule has 0 atom stereocenters. The number of benzene rings is 3. The highest BCUT2D eigenvalue weighted by atomic mass is 35.5. The molecule has 142 valence electrons. The molecule has 2 amide bonds. The Hall–Kier alpha value is -2.82. The van der Waals surface area contributed by atoms with Crippen LogP contribution in [0.4, 0.5) is 11.4 Å². The Kier molecular flexibility index (Phi) is 6.02. The maximum atomic E-state index is 12.8. The SMILES string of the molecule is Cc1ccc(NC(=O)c2ccccc2NC(=O)c2cc(Cl)cc(Cl)c2)cc1C. The number of carbonyl (C=O) groups excluding carboxylic acids is 2. The van der Waals surface area contributed by atoms with Gasteiger partial charge in [0.1, 0.15) is 0 Å². The maximum absolute atomic E-state index is 12.8. The summed E-state index contributed by atoms with van der Waals surface area (Å²) in [6.07, 6.45) is 0. The molecule has 3 rings (SSSR count). The summed E-state index contributed by atoms with van der Waals surface area (Å²) in [6, 6.07) is 17.1. The van der Waals surface area contributed by atoms with Gasteiger partial charge in [0.15, 0.2) is 0 Å². The molecule has 0 aliphatic rings. The highest BCUT2D eigenvalue weighted by Gasteiger charge is 2.15. The van der Waals surface area contributed by atoms with E-state index in [9.17, 15) is 9.59 Å². The van der Waals surface area contributed by atoms with E-state index in [4.69, 9.17) is 23.2 Å². The highest BCUT2D eigenvalue weighted by molar-refractivity contribution is 6.35.